The van der Waals surface area contributed by atoms with Gasteiger partial charge in [-0.2, -0.15) is 4.98 Å². The summed E-state index contributed by atoms with van der Waals surface area (Å²) in [5, 5.41) is 3.95. The highest BCUT2D eigenvalue weighted by molar-refractivity contribution is 5.53. The molecule has 1 aliphatic rings. The van der Waals surface area contributed by atoms with Gasteiger partial charge in [-0.05, 0) is 18.4 Å². The van der Waals surface area contributed by atoms with Gasteiger partial charge in [0.1, 0.15) is 0 Å². The van der Waals surface area contributed by atoms with Crippen LogP contribution in [0, 0.1) is 5.41 Å². The Labute approximate surface area is 143 Å². The van der Waals surface area contributed by atoms with E-state index in [9.17, 15) is 0 Å². The zero-order valence-corrected chi connectivity index (χ0v) is 14.8. The highest BCUT2D eigenvalue weighted by atomic mass is 19.1. The summed E-state index contributed by atoms with van der Waals surface area (Å²) in [4.78, 5) is 6.65. The Bertz CT molecular complexity index is 655. The number of nitrogens with zero attached hydrogens (tertiary/aromatic N) is 3. The van der Waals surface area contributed by atoms with E-state index in [2.05, 4.69) is 35.8 Å². The summed E-state index contributed by atoms with van der Waals surface area (Å²) in [6, 6.07) is 9.53. The van der Waals surface area contributed by atoms with E-state index >= 15 is 4.39 Å². The number of halogens is 1. The van der Waals surface area contributed by atoms with Gasteiger partial charge in [-0.15, -0.1) is 0 Å². The predicted molar refractivity (Wildman–Crippen MR) is 92.3 cm³/mol. The fraction of sp³-hybridized carbons (Fsp3) is 0.579. The van der Waals surface area contributed by atoms with Crippen molar-refractivity contribution in [3.63, 3.8) is 0 Å². The zero-order chi connectivity index (χ0) is 17.2. The molecule has 5 heteroatoms. The van der Waals surface area contributed by atoms with Crippen molar-refractivity contribution >= 4 is 0 Å². The topological polar surface area (TPSA) is 42.2 Å². The Hall–Kier alpha value is -1.75. The monoisotopic (exact) mass is 331 g/mol. The van der Waals surface area contributed by atoms with E-state index in [4.69, 9.17) is 4.52 Å². The van der Waals surface area contributed by atoms with Crippen molar-refractivity contribution in [1.82, 2.24) is 15.0 Å². The van der Waals surface area contributed by atoms with E-state index < -0.39 is 5.67 Å². The second-order valence-electron chi connectivity index (χ2n) is 7.91. The molecular formula is C19H26FN3O. The van der Waals surface area contributed by atoms with Gasteiger partial charge >= 0.3 is 0 Å². The van der Waals surface area contributed by atoms with Crippen molar-refractivity contribution in [2.45, 2.75) is 45.7 Å². The summed E-state index contributed by atoms with van der Waals surface area (Å²) in [5.74, 6) is 0.578. The number of benzene rings is 1. The lowest BCUT2D eigenvalue weighted by molar-refractivity contribution is 0.0246. The van der Waals surface area contributed by atoms with Gasteiger partial charge in [-0.1, -0.05) is 56.3 Å². The van der Waals surface area contributed by atoms with E-state index in [1.165, 1.54) is 0 Å². The third kappa shape index (κ3) is 4.01. The summed E-state index contributed by atoms with van der Waals surface area (Å²) >= 11 is 0. The number of likely N-dealkylation sites (tertiary alicyclic amines) is 1. The molecule has 0 spiro atoms. The van der Waals surface area contributed by atoms with Crippen LogP contribution in [0.3, 0.4) is 0 Å². The fourth-order valence-electron chi connectivity index (χ4n) is 2.95. The van der Waals surface area contributed by atoms with Crippen LogP contribution in [0.1, 0.15) is 45.9 Å². The van der Waals surface area contributed by atoms with Crippen molar-refractivity contribution in [2.75, 3.05) is 19.6 Å². The molecule has 130 valence electrons. The van der Waals surface area contributed by atoms with Crippen LogP contribution < -0.4 is 0 Å². The van der Waals surface area contributed by atoms with E-state index in [0.29, 0.717) is 24.1 Å². The summed E-state index contributed by atoms with van der Waals surface area (Å²) in [7, 11) is 0. The van der Waals surface area contributed by atoms with E-state index in [0.717, 1.165) is 31.6 Å². The second kappa shape index (κ2) is 6.63. The number of piperidine rings is 1. The average molecular weight is 331 g/mol. The first-order chi connectivity index (χ1) is 11.4. The molecule has 0 N–H and O–H groups in total. The third-order valence-electron chi connectivity index (χ3n) is 4.67. The van der Waals surface area contributed by atoms with Gasteiger partial charge in [-0.25, -0.2) is 4.39 Å². The average Bonchev–Trinajstić information content (AvgIpc) is 3.05. The molecule has 0 saturated carbocycles. The number of hydrogen-bond acceptors (Lipinski definition) is 4. The number of rotatable bonds is 4. The van der Waals surface area contributed by atoms with Gasteiger partial charge in [0, 0.05) is 31.5 Å². The van der Waals surface area contributed by atoms with E-state index in [-0.39, 0.29) is 5.89 Å². The van der Waals surface area contributed by atoms with Crippen molar-refractivity contribution in [2.24, 2.45) is 5.41 Å². The maximum Gasteiger partial charge on any atom is 0.264 e. The second-order valence-corrected chi connectivity index (χ2v) is 7.91. The third-order valence-corrected chi connectivity index (χ3v) is 4.67. The summed E-state index contributed by atoms with van der Waals surface area (Å²) in [6.07, 6.45) is 1.94. The molecule has 0 atom stereocenters. The van der Waals surface area contributed by atoms with Gasteiger partial charge < -0.3 is 9.42 Å². The number of aromatic nitrogens is 2. The maximum atomic E-state index is 15.3. The SMILES string of the molecule is CC(C)(C)CCN1CCC(F)(c2nc(-c3ccccc3)no2)CC1. The Morgan fingerprint density at radius 2 is 1.83 bits per heavy atom. The Kier molecular flexibility index (Phi) is 4.72. The molecule has 24 heavy (non-hydrogen) atoms. The van der Waals surface area contributed by atoms with Crippen LogP contribution in [0.5, 0.6) is 0 Å². The molecule has 2 aromatic rings. The quantitative estimate of drug-likeness (QED) is 0.831. The molecule has 4 nitrogen and oxygen atoms in total. The molecule has 1 aromatic heterocycles. The van der Waals surface area contributed by atoms with Crippen molar-refractivity contribution < 1.29 is 8.91 Å². The predicted octanol–water partition coefficient (Wildman–Crippen LogP) is 4.43. The molecule has 1 fully saturated rings. The van der Waals surface area contributed by atoms with Crippen LogP contribution in [0.2, 0.25) is 0 Å². The van der Waals surface area contributed by atoms with Crippen LogP contribution in [-0.4, -0.2) is 34.7 Å². The van der Waals surface area contributed by atoms with Gasteiger partial charge in [0.2, 0.25) is 5.82 Å². The number of alkyl halides is 1. The highest BCUT2D eigenvalue weighted by Gasteiger charge is 2.41. The minimum Gasteiger partial charge on any atom is -0.335 e. The lowest BCUT2D eigenvalue weighted by Gasteiger charge is -2.35. The molecule has 0 aliphatic carbocycles. The number of hydrogen-bond donors (Lipinski definition) is 0. The first-order valence-corrected chi connectivity index (χ1v) is 8.67. The van der Waals surface area contributed by atoms with Crippen molar-refractivity contribution in [3.8, 4) is 11.4 Å². The summed E-state index contributed by atoms with van der Waals surface area (Å²) in [6.45, 7) is 9.18. The standard InChI is InChI=1S/C19H26FN3O/c1-18(2,3)9-12-23-13-10-19(20,11-14-23)17-21-16(22-24-17)15-7-5-4-6-8-15/h4-8H,9-14H2,1-3H3. The molecule has 1 saturated heterocycles. The first kappa shape index (κ1) is 17.1. The van der Waals surface area contributed by atoms with Gasteiger partial charge in [0.05, 0.1) is 0 Å². The molecule has 1 aliphatic heterocycles. The Morgan fingerprint density at radius 1 is 1.17 bits per heavy atom. The molecule has 0 amide bonds. The summed E-state index contributed by atoms with van der Waals surface area (Å²) < 4.78 is 20.5. The maximum absolute atomic E-state index is 15.3. The highest BCUT2D eigenvalue weighted by Crippen LogP contribution is 2.37. The van der Waals surface area contributed by atoms with Crippen LogP contribution in [0.25, 0.3) is 11.4 Å². The minimum absolute atomic E-state index is 0.122. The minimum atomic E-state index is -1.50. The zero-order valence-electron chi connectivity index (χ0n) is 14.8. The molecule has 0 bridgehead atoms. The van der Waals surface area contributed by atoms with Gasteiger partial charge in [0.25, 0.3) is 5.89 Å². The summed E-state index contributed by atoms with van der Waals surface area (Å²) in [5.41, 5.74) is -0.349. The van der Waals surface area contributed by atoms with Crippen LogP contribution in [-0.2, 0) is 5.67 Å². The Morgan fingerprint density at radius 3 is 2.46 bits per heavy atom. The van der Waals surface area contributed by atoms with Crippen LogP contribution >= 0.6 is 0 Å². The largest absolute Gasteiger partial charge is 0.335 e. The van der Waals surface area contributed by atoms with Crippen molar-refractivity contribution in [1.29, 1.82) is 0 Å². The molecular weight excluding hydrogens is 305 g/mol. The van der Waals surface area contributed by atoms with Gasteiger partial charge in [-0.3, -0.25) is 0 Å². The smallest absolute Gasteiger partial charge is 0.264 e. The first-order valence-electron chi connectivity index (χ1n) is 8.67. The normalized spacial score (nSPS) is 18.7. The molecule has 1 aromatic carbocycles. The van der Waals surface area contributed by atoms with E-state index in [1.807, 2.05) is 30.3 Å². The fourth-order valence-corrected chi connectivity index (χ4v) is 2.95. The lowest BCUT2D eigenvalue weighted by atomic mass is 9.90. The van der Waals surface area contributed by atoms with Crippen LogP contribution in [0.4, 0.5) is 4.39 Å². The van der Waals surface area contributed by atoms with Crippen molar-refractivity contribution in [3.05, 3.63) is 36.2 Å². The van der Waals surface area contributed by atoms with E-state index in [1.54, 1.807) is 0 Å². The Balaban J connectivity index is 1.63. The van der Waals surface area contributed by atoms with Crippen LogP contribution in [0.15, 0.2) is 34.9 Å². The van der Waals surface area contributed by atoms with Gasteiger partial charge in [0.15, 0.2) is 5.67 Å². The molecule has 0 radical (unpaired) electrons. The molecule has 3 rings (SSSR count). The lowest BCUT2D eigenvalue weighted by Crippen LogP contribution is -2.41. The molecule has 0 unspecified atom stereocenters. The molecule has 2 heterocycles.